The first kappa shape index (κ1) is 16.8. The highest BCUT2D eigenvalue weighted by atomic mass is 19.2. The lowest BCUT2D eigenvalue weighted by molar-refractivity contribution is -0.00174. The van der Waals surface area contributed by atoms with Gasteiger partial charge in [0.2, 0.25) is 0 Å². The minimum absolute atomic E-state index is 0.0809. The Hall–Kier alpha value is -2.61. The molecule has 0 radical (unpaired) electrons. The van der Waals surface area contributed by atoms with Crippen LogP contribution in [0.2, 0.25) is 0 Å². The van der Waals surface area contributed by atoms with Gasteiger partial charge < -0.3 is 14.6 Å². The van der Waals surface area contributed by atoms with Crippen LogP contribution in [0.1, 0.15) is 31.7 Å². The van der Waals surface area contributed by atoms with E-state index in [4.69, 9.17) is 4.74 Å². The molecule has 0 aliphatic carbocycles. The van der Waals surface area contributed by atoms with Gasteiger partial charge in [0, 0.05) is 37.0 Å². The minimum Gasteiger partial charge on any atom is -0.368 e. The van der Waals surface area contributed by atoms with E-state index in [1.165, 1.54) is 6.33 Å². The number of fused-ring (bicyclic) bond motifs is 1. The van der Waals surface area contributed by atoms with Crippen molar-refractivity contribution in [2.45, 2.75) is 38.5 Å². The third kappa shape index (κ3) is 3.01. The molecule has 0 spiro atoms. The number of nitrogens with zero attached hydrogens (tertiary/aromatic N) is 4. The molecule has 0 unspecified atom stereocenters. The van der Waals surface area contributed by atoms with E-state index in [1.807, 2.05) is 17.7 Å². The van der Waals surface area contributed by atoms with Gasteiger partial charge in [0.25, 0.3) is 0 Å². The molecule has 2 aromatic heterocycles. The number of aromatic nitrogens is 4. The number of anilines is 1. The van der Waals surface area contributed by atoms with Gasteiger partial charge in [0.05, 0.1) is 11.6 Å². The SMILES string of the molecule is CCn1ccnc1[C@H]1OCCC[C@@H]1Nc1ncnc2cc(F)c(F)cc12. The van der Waals surface area contributed by atoms with Crippen LogP contribution in [0.5, 0.6) is 0 Å². The normalized spacial score (nSPS) is 20.4. The molecule has 0 bridgehead atoms. The number of ether oxygens (including phenoxy) is 1. The summed E-state index contributed by atoms with van der Waals surface area (Å²) in [7, 11) is 0. The predicted octanol–water partition coefficient (Wildman–Crippen LogP) is 3.46. The van der Waals surface area contributed by atoms with Crippen LogP contribution in [0.15, 0.2) is 30.9 Å². The highest BCUT2D eigenvalue weighted by Gasteiger charge is 2.31. The Labute approximate surface area is 149 Å². The summed E-state index contributed by atoms with van der Waals surface area (Å²) in [5, 5.41) is 3.78. The molecular weight excluding hydrogens is 340 g/mol. The third-order valence-electron chi connectivity index (χ3n) is 4.66. The topological polar surface area (TPSA) is 64.9 Å². The molecule has 1 aliphatic heterocycles. The van der Waals surface area contributed by atoms with Gasteiger partial charge in [-0.1, -0.05) is 0 Å². The van der Waals surface area contributed by atoms with Gasteiger partial charge in [-0.2, -0.15) is 0 Å². The number of benzene rings is 1. The molecule has 3 heterocycles. The van der Waals surface area contributed by atoms with Crippen LogP contribution in [0.25, 0.3) is 10.9 Å². The highest BCUT2D eigenvalue weighted by Crippen LogP contribution is 2.31. The number of aryl methyl sites for hydroxylation is 1. The van der Waals surface area contributed by atoms with Crippen molar-refractivity contribution in [2.75, 3.05) is 11.9 Å². The molecule has 1 saturated heterocycles. The molecule has 136 valence electrons. The van der Waals surface area contributed by atoms with Crippen molar-refractivity contribution >= 4 is 16.7 Å². The van der Waals surface area contributed by atoms with E-state index in [0.29, 0.717) is 23.3 Å². The summed E-state index contributed by atoms with van der Waals surface area (Å²) < 4.78 is 35.2. The first-order valence-electron chi connectivity index (χ1n) is 8.66. The van der Waals surface area contributed by atoms with Gasteiger partial charge in [-0.3, -0.25) is 0 Å². The summed E-state index contributed by atoms with van der Waals surface area (Å²) in [6, 6.07) is 2.12. The molecule has 1 fully saturated rings. The molecule has 3 aromatic rings. The number of hydrogen-bond acceptors (Lipinski definition) is 5. The van der Waals surface area contributed by atoms with Crippen molar-refractivity contribution in [1.29, 1.82) is 0 Å². The standard InChI is InChI=1S/C18H19F2N5O/c1-2-25-6-5-21-18(25)16-14(4-3-7-26-16)24-17-11-8-12(19)13(20)9-15(11)22-10-23-17/h5-6,8-10,14,16H,2-4,7H2,1H3,(H,22,23,24)/t14-,16-/m0/s1. The van der Waals surface area contributed by atoms with Crippen LogP contribution in [-0.4, -0.2) is 32.2 Å². The summed E-state index contributed by atoms with van der Waals surface area (Å²) in [4.78, 5) is 12.7. The van der Waals surface area contributed by atoms with Crippen LogP contribution in [0, 0.1) is 11.6 Å². The van der Waals surface area contributed by atoms with E-state index in [2.05, 4.69) is 20.3 Å². The molecular formula is C18H19F2N5O. The maximum atomic E-state index is 13.7. The van der Waals surface area contributed by atoms with Crippen molar-refractivity contribution in [2.24, 2.45) is 0 Å². The number of rotatable bonds is 4. The molecule has 1 aliphatic rings. The van der Waals surface area contributed by atoms with Gasteiger partial charge in [-0.15, -0.1) is 0 Å². The summed E-state index contributed by atoms with van der Waals surface area (Å²) in [5.74, 6) is -0.538. The molecule has 4 rings (SSSR count). The van der Waals surface area contributed by atoms with E-state index >= 15 is 0 Å². The zero-order valence-corrected chi connectivity index (χ0v) is 14.3. The van der Waals surface area contributed by atoms with E-state index in [0.717, 1.165) is 37.3 Å². The van der Waals surface area contributed by atoms with Gasteiger partial charge in [0.15, 0.2) is 11.6 Å². The molecule has 26 heavy (non-hydrogen) atoms. The van der Waals surface area contributed by atoms with E-state index in [-0.39, 0.29) is 12.1 Å². The van der Waals surface area contributed by atoms with Gasteiger partial charge >= 0.3 is 0 Å². The van der Waals surface area contributed by atoms with Crippen molar-refractivity contribution < 1.29 is 13.5 Å². The summed E-state index contributed by atoms with van der Waals surface area (Å²) in [5.41, 5.74) is 0.352. The quantitative estimate of drug-likeness (QED) is 0.773. The van der Waals surface area contributed by atoms with Crippen molar-refractivity contribution in [3.63, 3.8) is 0 Å². The molecule has 0 amide bonds. The molecule has 6 nitrogen and oxygen atoms in total. The maximum Gasteiger partial charge on any atom is 0.161 e. The molecule has 2 atom stereocenters. The molecule has 1 aromatic carbocycles. The van der Waals surface area contributed by atoms with Crippen LogP contribution in [0.4, 0.5) is 14.6 Å². The Kier molecular flexibility index (Phi) is 4.50. The summed E-state index contributed by atoms with van der Waals surface area (Å²) in [6.45, 7) is 3.50. The first-order valence-corrected chi connectivity index (χ1v) is 8.66. The Morgan fingerprint density at radius 3 is 2.92 bits per heavy atom. The van der Waals surface area contributed by atoms with Crippen molar-refractivity contribution in [3.8, 4) is 0 Å². The number of halogens is 2. The summed E-state index contributed by atoms with van der Waals surface area (Å²) >= 11 is 0. The van der Waals surface area contributed by atoms with Gasteiger partial charge in [-0.05, 0) is 25.8 Å². The average Bonchev–Trinajstić information content (AvgIpc) is 3.12. The largest absolute Gasteiger partial charge is 0.368 e. The molecule has 8 heteroatoms. The zero-order chi connectivity index (χ0) is 18.1. The second kappa shape index (κ2) is 6.95. The van der Waals surface area contributed by atoms with Gasteiger partial charge in [-0.25, -0.2) is 23.7 Å². The minimum atomic E-state index is -0.925. The average molecular weight is 359 g/mol. The first-order chi connectivity index (χ1) is 12.7. The van der Waals surface area contributed by atoms with Crippen LogP contribution >= 0.6 is 0 Å². The fraction of sp³-hybridized carbons (Fsp3) is 0.389. The van der Waals surface area contributed by atoms with Crippen LogP contribution in [0.3, 0.4) is 0 Å². The van der Waals surface area contributed by atoms with Crippen LogP contribution in [-0.2, 0) is 11.3 Å². The Bertz CT molecular complexity index is 929. The smallest absolute Gasteiger partial charge is 0.161 e. The second-order valence-corrected chi connectivity index (χ2v) is 6.26. The third-order valence-corrected chi connectivity index (χ3v) is 4.66. The maximum absolute atomic E-state index is 13.7. The summed E-state index contributed by atoms with van der Waals surface area (Å²) in [6.07, 6.45) is 6.53. The van der Waals surface area contributed by atoms with Crippen molar-refractivity contribution in [1.82, 2.24) is 19.5 Å². The fourth-order valence-electron chi connectivity index (χ4n) is 3.37. The molecule has 1 N–H and O–H groups in total. The number of nitrogens with one attached hydrogen (secondary N) is 1. The Morgan fingerprint density at radius 2 is 2.08 bits per heavy atom. The second-order valence-electron chi connectivity index (χ2n) is 6.26. The monoisotopic (exact) mass is 359 g/mol. The zero-order valence-electron chi connectivity index (χ0n) is 14.3. The lowest BCUT2D eigenvalue weighted by Gasteiger charge is -2.32. The Morgan fingerprint density at radius 1 is 1.23 bits per heavy atom. The fourth-order valence-corrected chi connectivity index (χ4v) is 3.37. The number of imidazole rings is 1. The number of hydrogen-bond donors (Lipinski definition) is 1. The van der Waals surface area contributed by atoms with Crippen molar-refractivity contribution in [3.05, 3.63) is 48.3 Å². The van der Waals surface area contributed by atoms with Crippen LogP contribution < -0.4 is 5.32 Å². The van der Waals surface area contributed by atoms with E-state index < -0.39 is 11.6 Å². The highest BCUT2D eigenvalue weighted by molar-refractivity contribution is 5.89. The Balaban J connectivity index is 1.69. The lowest BCUT2D eigenvalue weighted by atomic mass is 10.0. The van der Waals surface area contributed by atoms with E-state index in [1.54, 1.807) is 6.20 Å². The molecule has 0 saturated carbocycles. The van der Waals surface area contributed by atoms with E-state index in [9.17, 15) is 8.78 Å². The predicted molar refractivity (Wildman–Crippen MR) is 92.7 cm³/mol. The lowest BCUT2D eigenvalue weighted by Crippen LogP contribution is -2.35. The van der Waals surface area contributed by atoms with Gasteiger partial charge in [0.1, 0.15) is 24.1 Å².